The molecule has 0 saturated heterocycles. The van der Waals surface area contributed by atoms with Crippen molar-refractivity contribution in [2.45, 2.75) is 25.2 Å². The molecule has 5 heteroatoms. The van der Waals surface area contributed by atoms with Gasteiger partial charge in [0, 0.05) is 6.42 Å². The van der Waals surface area contributed by atoms with Crippen molar-refractivity contribution in [3.63, 3.8) is 0 Å². The van der Waals surface area contributed by atoms with Crippen LogP contribution >= 0.6 is 11.6 Å². The molecule has 0 fully saturated rings. The van der Waals surface area contributed by atoms with Crippen LogP contribution in [0.2, 0.25) is 5.02 Å². The molecule has 0 spiro atoms. The van der Waals surface area contributed by atoms with E-state index in [1.165, 1.54) is 14.2 Å². The lowest BCUT2D eigenvalue weighted by Gasteiger charge is -2.15. The summed E-state index contributed by atoms with van der Waals surface area (Å²) in [5.41, 5.74) is 0.777. The Bertz CT molecular complexity index is 445. The van der Waals surface area contributed by atoms with Gasteiger partial charge >= 0.3 is 5.97 Å². The lowest BCUT2D eigenvalue weighted by molar-refractivity contribution is -0.142. The summed E-state index contributed by atoms with van der Waals surface area (Å²) in [6, 6.07) is 5.18. The highest BCUT2D eigenvalue weighted by Gasteiger charge is 2.22. The third-order valence-corrected chi connectivity index (χ3v) is 3.19. The standard InChI is InChI=1S/C14H17ClO4/c1-18-13-9-10(6-7-12(13)15)11(14(17)19-2)5-3-4-8-16/h6-9,11H,3-5H2,1-2H3. The summed E-state index contributed by atoms with van der Waals surface area (Å²) in [5.74, 6) is -0.213. The van der Waals surface area contributed by atoms with E-state index in [-0.39, 0.29) is 5.97 Å². The molecule has 19 heavy (non-hydrogen) atoms. The third-order valence-electron chi connectivity index (χ3n) is 2.88. The summed E-state index contributed by atoms with van der Waals surface area (Å²) in [4.78, 5) is 22.2. The molecule has 0 aliphatic rings. The molecule has 1 aromatic carbocycles. The maximum atomic E-state index is 11.8. The normalized spacial score (nSPS) is 11.7. The molecule has 1 atom stereocenters. The van der Waals surface area contributed by atoms with Crippen LogP contribution in [0.25, 0.3) is 0 Å². The largest absolute Gasteiger partial charge is 0.495 e. The van der Waals surface area contributed by atoms with Gasteiger partial charge in [-0.15, -0.1) is 0 Å². The molecule has 0 aromatic heterocycles. The Morgan fingerprint density at radius 3 is 2.74 bits per heavy atom. The Morgan fingerprint density at radius 1 is 1.42 bits per heavy atom. The minimum absolute atomic E-state index is 0.324. The number of carbonyl (C=O) groups is 2. The van der Waals surface area contributed by atoms with E-state index >= 15 is 0 Å². The number of carbonyl (C=O) groups excluding carboxylic acids is 2. The van der Waals surface area contributed by atoms with Gasteiger partial charge in [-0.3, -0.25) is 4.79 Å². The summed E-state index contributed by atoms with van der Waals surface area (Å²) < 4.78 is 9.93. The van der Waals surface area contributed by atoms with Crippen molar-refractivity contribution >= 4 is 23.9 Å². The second kappa shape index (κ2) is 7.79. The number of unbranched alkanes of at least 4 members (excludes halogenated alkanes) is 1. The summed E-state index contributed by atoms with van der Waals surface area (Å²) in [6.07, 6.45) is 2.46. The average molecular weight is 285 g/mol. The number of benzene rings is 1. The van der Waals surface area contributed by atoms with Gasteiger partial charge in [-0.2, -0.15) is 0 Å². The molecule has 0 aliphatic carbocycles. The molecule has 1 unspecified atom stereocenters. The van der Waals surface area contributed by atoms with Crippen LogP contribution in [0.4, 0.5) is 0 Å². The predicted molar refractivity (Wildman–Crippen MR) is 72.7 cm³/mol. The molecule has 104 valence electrons. The molecular formula is C14H17ClO4. The predicted octanol–water partition coefficient (Wildman–Crippen LogP) is 2.97. The van der Waals surface area contributed by atoms with E-state index < -0.39 is 5.92 Å². The summed E-state index contributed by atoms with van der Waals surface area (Å²) in [5, 5.41) is 0.489. The van der Waals surface area contributed by atoms with Gasteiger partial charge in [0.1, 0.15) is 12.0 Å². The highest BCUT2D eigenvalue weighted by molar-refractivity contribution is 6.32. The SMILES string of the molecule is COC(=O)C(CCCC=O)c1ccc(Cl)c(OC)c1. The van der Waals surface area contributed by atoms with Crippen molar-refractivity contribution in [3.8, 4) is 5.75 Å². The fourth-order valence-electron chi connectivity index (χ4n) is 1.86. The van der Waals surface area contributed by atoms with E-state index in [4.69, 9.17) is 21.1 Å². The molecule has 0 N–H and O–H groups in total. The van der Waals surface area contributed by atoms with E-state index in [2.05, 4.69) is 0 Å². The Hall–Kier alpha value is -1.55. The van der Waals surface area contributed by atoms with Crippen LogP contribution in [0.5, 0.6) is 5.75 Å². The van der Waals surface area contributed by atoms with Crippen molar-refractivity contribution in [2.75, 3.05) is 14.2 Å². The van der Waals surface area contributed by atoms with Crippen LogP contribution in [0.15, 0.2) is 18.2 Å². The number of ether oxygens (including phenoxy) is 2. The van der Waals surface area contributed by atoms with E-state index in [0.29, 0.717) is 30.0 Å². The quantitative estimate of drug-likeness (QED) is 0.439. The third kappa shape index (κ3) is 4.24. The number of hydrogen-bond acceptors (Lipinski definition) is 4. The molecule has 0 amide bonds. The van der Waals surface area contributed by atoms with Crippen molar-refractivity contribution in [3.05, 3.63) is 28.8 Å². The maximum Gasteiger partial charge on any atom is 0.313 e. The topological polar surface area (TPSA) is 52.6 Å². The number of hydrogen-bond donors (Lipinski definition) is 0. The number of halogens is 1. The van der Waals surface area contributed by atoms with Gasteiger partial charge in [0.25, 0.3) is 0 Å². The first-order chi connectivity index (χ1) is 9.13. The van der Waals surface area contributed by atoms with E-state index in [1.807, 2.05) is 0 Å². The minimum atomic E-state index is -0.406. The van der Waals surface area contributed by atoms with Crippen LogP contribution in [0.3, 0.4) is 0 Å². The molecule has 1 aromatic rings. The zero-order valence-electron chi connectivity index (χ0n) is 11.0. The number of esters is 1. The lowest BCUT2D eigenvalue weighted by atomic mass is 9.93. The van der Waals surface area contributed by atoms with Crippen molar-refractivity contribution in [2.24, 2.45) is 0 Å². The van der Waals surface area contributed by atoms with Gasteiger partial charge in [0.15, 0.2) is 0 Å². The molecule has 0 saturated carbocycles. The van der Waals surface area contributed by atoms with E-state index in [0.717, 1.165) is 11.8 Å². The maximum absolute atomic E-state index is 11.8. The Kier molecular flexibility index (Phi) is 6.36. The van der Waals surface area contributed by atoms with Gasteiger partial charge in [-0.05, 0) is 30.5 Å². The van der Waals surface area contributed by atoms with Crippen molar-refractivity contribution in [1.82, 2.24) is 0 Å². The molecule has 4 nitrogen and oxygen atoms in total. The number of aldehydes is 1. The fourth-order valence-corrected chi connectivity index (χ4v) is 2.06. The first-order valence-electron chi connectivity index (χ1n) is 5.99. The molecule has 0 bridgehead atoms. The lowest BCUT2D eigenvalue weighted by Crippen LogP contribution is -2.14. The first kappa shape index (κ1) is 15.5. The number of methoxy groups -OCH3 is 2. The Morgan fingerprint density at radius 2 is 2.16 bits per heavy atom. The Labute approximate surface area is 117 Å². The highest BCUT2D eigenvalue weighted by atomic mass is 35.5. The van der Waals surface area contributed by atoms with Crippen LogP contribution < -0.4 is 4.74 Å². The van der Waals surface area contributed by atoms with Gasteiger partial charge in [-0.25, -0.2) is 0 Å². The van der Waals surface area contributed by atoms with Crippen LogP contribution in [0, 0.1) is 0 Å². The van der Waals surface area contributed by atoms with Crippen LogP contribution in [-0.2, 0) is 14.3 Å². The summed E-state index contributed by atoms with van der Waals surface area (Å²) in [7, 11) is 2.87. The van der Waals surface area contributed by atoms with Crippen molar-refractivity contribution in [1.29, 1.82) is 0 Å². The summed E-state index contributed by atoms with van der Waals surface area (Å²) >= 11 is 5.95. The Balaban J connectivity index is 2.95. The summed E-state index contributed by atoms with van der Waals surface area (Å²) in [6.45, 7) is 0. The van der Waals surface area contributed by atoms with Crippen LogP contribution in [-0.4, -0.2) is 26.5 Å². The second-order valence-electron chi connectivity index (χ2n) is 4.07. The zero-order valence-corrected chi connectivity index (χ0v) is 11.8. The average Bonchev–Trinajstić information content (AvgIpc) is 2.44. The zero-order chi connectivity index (χ0) is 14.3. The highest BCUT2D eigenvalue weighted by Crippen LogP contribution is 2.31. The minimum Gasteiger partial charge on any atom is -0.495 e. The van der Waals surface area contributed by atoms with E-state index in [9.17, 15) is 9.59 Å². The second-order valence-corrected chi connectivity index (χ2v) is 4.47. The monoisotopic (exact) mass is 284 g/mol. The fraction of sp³-hybridized carbons (Fsp3) is 0.429. The van der Waals surface area contributed by atoms with Gasteiger partial charge in [0.2, 0.25) is 0 Å². The van der Waals surface area contributed by atoms with Crippen LogP contribution in [0.1, 0.15) is 30.7 Å². The first-order valence-corrected chi connectivity index (χ1v) is 6.36. The molecule has 0 radical (unpaired) electrons. The van der Waals surface area contributed by atoms with Gasteiger partial charge in [-0.1, -0.05) is 17.7 Å². The molecule has 1 rings (SSSR count). The molecule has 0 aliphatic heterocycles. The van der Waals surface area contributed by atoms with E-state index in [1.54, 1.807) is 18.2 Å². The van der Waals surface area contributed by atoms with Gasteiger partial charge < -0.3 is 14.3 Å². The smallest absolute Gasteiger partial charge is 0.313 e. The van der Waals surface area contributed by atoms with Gasteiger partial charge in [0.05, 0.1) is 25.2 Å². The van der Waals surface area contributed by atoms with Crippen molar-refractivity contribution < 1.29 is 19.1 Å². The molecule has 0 heterocycles. The number of rotatable bonds is 7. The molecular weight excluding hydrogens is 268 g/mol.